The second-order valence-corrected chi connectivity index (χ2v) is 2.93. The monoisotopic (exact) mass is 207 g/mol. The van der Waals surface area contributed by atoms with E-state index in [9.17, 15) is 9.59 Å². The van der Waals surface area contributed by atoms with Gasteiger partial charge in [-0.05, 0) is 0 Å². The van der Waals surface area contributed by atoms with Crippen molar-refractivity contribution in [3.63, 3.8) is 0 Å². The molecule has 0 atom stereocenters. The summed E-state index contributed by atoms with van der Waals surface area (Å²) in [7, 11) is 0. The predicted octanol–water partition coefficient (Wildman–Crippen LogP) is -1.56. The van der Waals surface area contributed by atoms with Crippen molar-refractivity contribution in [3.8, 4) is 0 Å². The van der Waals surface area contributed by atoms with Crippen molar-refractivity contribution in [2.75, 3.05) is 6.54 Å². The van der Waals surface area contributed by atoms with Gasteiger partial charge in [0.05, 0.1) is 0 Å². The van der Waals surface area contributed by atoms with Crippen molar-refractivity contribution in [1.82, 2.24) is 19.5 Å². The molecule has 0 saturated carbocycles. The Morgan fingerprint density at radius 1 is 1.33 bits per heavy atom. The minimum absolute atomic E-state index is 0.144. The van der Waals surface area contributed by atoms with Crippen LogP contribution >= 0.6 is 0 Å². The number of nitrogens with zero attached hydrogens (tertiary/aromatic N) is 3. The van der Waals surface area contributed by atoms with Crippen LogP contribution in [0.4, 0.5) is 0 Å². The lowest BCUT2D eigenvalue weighted by Gasteiger charge is -2.02. The number of hydrogen-bond donors (Lipinski definition) is 2. The van der Waals surface area contributed by atoms with E-state index in [1.165, 1.54) is 12.4 Å². The number of hydrogen-bond acceptors (Lipinski definition) is 5. The number of aromatic amines is 1. The van der Waals surface area contributed by atoms with Gasteiger partial charge in [0.1, 0.15) is 0 Å². The van der Waals surface area contributed by atoms with Crippen LogP contribution in [-0.2, 0) is 6.54 Å². The highest BCUT2D eigenvalue weighted by molar-refractivity contribution is 5.66. The maximum atomic E-state index is 11.7. The summed E-state index contributed by atoms with van der Waals surface area (Å²) in [6.07, 6.45) is 2.81. The van der Waals surface area contributed by atoms with Gasteiger partial charge < -0.3 is 5.73 Å². The molecule has 2 heterocycles. The maximum Gasteiger partial charge on any atom is 0.330 e. The van der Waals surface area contributed by atoms with Gasteiger partial charge in [-0.3, -0.25) is 14.3 Å². The molecular weight excluding hydrogens is 198 g/mol. The van der Waals surface area contributed by atoms with Crippen LogP contribution in [-0.4, -0.2) is 26.1 Å². The molecule has 0 aliphatic carbocycles. The molecule has 7 nitrogen and oxygen atoms in total. The molecule has 2 aromatic heterocycles. The standard InChI is InChI=1S/C8H9N5O2/c9-1-4-13-7(14)5-6(12-8(13)15)11-3-2-10-5/h2-3H,1,4,9H2,(H,11,12,15). The Bertz CT molecular complexity index is 600. The van der Waals surface area contributed by atoms with Gasteiger partial charge in [0, 0.05) is 25.5 Å². The molecule has 0 fully saturated rings. The molecule has 0 aliphatic heterocycles. The smallest absolute Gasteiger partial charge is 0.329 e. The SMILES string of the molecule is NCCn1c(=O)[nH]c2nccnc2c1=O. The van der Waals surface area contributed by atoms with Crippen LogP contribution < -0.4 is 17.0 Å². The molecule has 0 saturated heterocycles. The number of nitrogens with two attached hydrogens (primary N) is 1. The minimum Gasteiger partial charge on any atom is -0.329 e. The van der Waals surface area contributed by atoms with Crippen LogP contribution in [0.5, 0.6) is 0 Å². The molecule has 7 heteroatoms. The molecular formula is C8H9N5O2. The summed E-state index contributed by atoms with van der Waals surface area (Å²) in [6.45, 7) is 0.384. The van der Waals surface area contributed by atoms with Crippen molar-refractivity contribution in [1.29, 1.82) is 0 Å². The third kappa shape index (κ3) is 1.52. The molecule has 2 rings (SSSR count). The van der Waals surface area contributed by atoms with Gasteiger partial charge in [0.15, 0.2) is 11.2 Å². The van der Waals surface area contributed by atoms with E-state index in [4.69, 9.17) is 5.73 Å². The Hall–Kier alpha value is -2.02. The zero-order valence-electron chi connectivity index (χ0n) is 7.80. The predicted molar refractivity (Wildman–Crippen MR) is 53.5 cm³/mol. The Labute approximate surface area is 83.6 Å². The summed E-state index contributed by atoms with van der Waals surface area (Å²) in [5, 5.41) is 0. The van der Waals surface area contributed by atoms with Crippen LogP contribution in [0.1, 0.15) is 0 Å². The average Bonchev–Trinajstić information content (AvgIpc) is 2.24. The maximum absolute atomic E-state index is 11.7. The van der Waals surface area contributed by atoms with E-state index in [0.717, 1.165) is 4.57 Å². The Morgan fingerprint density at radius 3 is 2.80 bits per heavy atom. The van der Waals surface area contributed by atoms with Gasteiger partial charge in [-0.1, -0.05) is 0 Å². The molecule has 2 aromatic rings. The first-order valence-corrected chi connectivity index (χ1v) is 4.38. The molecule has 0 bridgehead atoms. The number of aromatic nitrogens is 4. The van der Waals surface area contributed by atoms with E-state index in [-0.39, 0.29) is 24.3 Å². The van der Waals surface area contributed by atoms with Gasteiger partial charge in [0.2, 0.25) is 0 Å². The summed E-state index contributed by atoms with van der Waals surface area (Å²) < 4.78 is 1.01. The second kappa shape index (κ2) is 3.62. The lowest BCUT2D eigenvalue weighted by atomic mass is 10.5. The Morgan fingerprint density at radius 2 is 2.07 bits per heavy atom. The first-order chi connectivity index (χ1) is 7.24. The van der Waals surface area contributed by atoms with E-state index >= 15 is 0 Å². The summed E-state index contributed by atoms with van der Waals surface area (Å²) >= 11 is 0. The van der Waals surface area contributed by atoms with Gasteiger partial charge >= 0.3 is 5.69 Å². The summed E-state index contributed by atoms with van der Waals surface area (Å²) in [6, 6.07) is 0. The van der Waals surface area contributed by atoms with Gasteiger partial charge in [0.25, 0.3) is 5.56 Å². The van der Waals surface area contributed by atoms with E-state index in [2.05, 4.69) is 15.0 Å². The average molecular weight is 207 g/mol. The van der Waals surface area contributed by atoms with Gasteiger partial charge in [-0.15, -0.1) is 0 Å². The highest BCUT2D eigenvalue weighted by Gasteiger charge is 2.07. The fraction of sp³-hybridized carbons (Fsp3) is 0.250. The molecule has 0 aliphatic rings. The summed E-state index contributed by atoms with van der Waals surface area (Å²) in [4.78, 5) is 33.3. The lowest BCUT2D eigenvalue weighted by Crippen LogP contribution is -2.37. The molecule has 0 radical (unpaired) electrons. The van der Waals surface area contributed by atoms with Crippen molar-refractivity contribution in [2.45, 2.75) is 6.54 Å². The highest BCUT2D eigenvalue weighted by Crippen LogP contribution is 1.93. The summed E-state index contributed by atoms with van der Waals surface area (Å²) in [5.41, 5.74) is 4.65. The molecule has 0 spiro atoms. The number of rotatable bonds is 2. The number of H-pyrrole nitrogens is 1. The fourth-order valence-corrected chi connectivity index (χ4v) is 1.31. The Balaban J connectivity index is 2.85. The van der Waals surface area contributed by atoms with E-state index in [1.54, 1.807) is 0 Å². The molecule has 0 amide bonds. The molecule has 78 valence electrons. The first-order valence-electron chi connectivity index (χ1n) is 4.38. The van der Waals surface area contributed by atoms with Crippen molar-refractivity contribution in [2.24, 2.45) is 5.73 Å². The normalized spacial score (nSPS) is 10.7. The molecule has 3 N–H and O–H groups in total. The van der Waals surface area contributed by atoms with Crippen LogP contribution in [0.3, 0.4) is 0 Å². The van der Waals surface area contributed by atoms with E-state index in [1.807, 2.05) is 0 Å². The second-order valence-electron chi connectivity index (χ2n) is 2.93. The third-order valence-electron chi connectivity index (χ3n) is 1.97. The van der Waals surface area contributed by atoms with Gasteiger partial charge in [-0.25, -0.2) is 14.8 Å². The fourth-order valence-electron chi connectivity index (χ4n) is 1.31. The van der Waals surface area contributed by atoms with Crippen molar-refractivity contribution in [3.05, 3.63) is 33.2 Å². The van der Waals surface area contributed by atoms with Crippen LogP contribution in [0.25, 0.3) is 11.2 Å². The van der Waals surface area contributed by atoms with Crippen molar-refractivity contribution >= 4 is 11.2 Å². The molecule has 15 heavy (non-hydrogen) atoms. The molecule has 0 unspecified atom stereocenters. The van der Waals surface area contributed by atoms with Gasteiger partial charge in [-0.2, -0.15) is 0 Å². The number of nitrogens with one attached hydrogen (secondary N) is 1. The van der Waals surface area contributed by atoms with E-state index < -0.39 is 11.2 Å². The van der Waals surface area contributed by atoms with Crippen LogP contribution in [0.2, 0.25) is 0 Å². The quantitative estimate of drug-likeness (QED) is 0.619. The topological polar surface area (TPSA) is 107 Å². The Kier molecular flexibility index (Phi) is 2.30. The van der Waals surface area contributed by atoms with Crippen LogP contribution in [0, 0.1) is 0 Å². The minimum atomic E-state index is -0.515. The number of fused-ring (bicyclic) bond motifs is 1. The molecule has 0 aromatic carbocycles. The first kappa shape index (κ1) is 9.53. The zero-order valence-corrected chi connectivity index (χ0v) is 7.80. The van der Waals surface area contributed by atoms with E-state index in [0.29, 0.717) is 0 Å². The zero-order chi connectivity index (χ0) is 10.8. The highest BCUT2D eigenvalue weighted by atomic mass is 16.2. The van der Waals surface area contributed by atoms with Crippen LogP contribution in [0.15, 0.2) is 22.0 Å². The largest absolute Gasteiger partial charge is 0.330 e. The lowest BCUT2D eigenvalue weighted by molar-refractivity contribution is 0.644. The third-order valence-corrected chi connectivity index (χ3v) is 1.97. The van der Waals surface area contributed by atoms with Crippen molar-refractivity contribution < 1.29 is 0 Å². The summed E-state index contributed by atoms with van der Waals surface area (Å²) in [5.74, 6) is 0.